The van der Waals surface area contributed by atoms with Crippen molar-refractivity contribution in [3.05, 3.63) is 53.6 Å². The molecule has 1 heterocycles. The molecule has 1 aromatic heterocycles. The molecule has 0 fully saturated rings. The average Bonchev–Trinajstić information content (AvgIpc) is 2.46. The highest BCUT2D eigenvalue weighted by atomic mass is 16.5. The summed E-state index contributed by atoms with van der Waals surface area (Å²) in [5.41, 5.74) is 2.20. The lowest BCUT2D eigenvalue weighted by molar-refractivity contribution is 0.242. The molecule has 1 atom stereocenters. The maximum atomic E-state index is 5.68. The summed E-state index contributed by atoms with van der Waals surface area (Å²) in [4.78, 5) is 8.88. The topological polar surface area (TPSA) is 47.0 Å². The summed E-state index contributed by atoms with van der Waals surface area (Å²) < 4.78 is 5.68. The maximum absolute atomic E-state index is 5.68. The van der Waals surface area contributed by atoms with Crippen molar-refractivity contribution in [2.24, 2.45) is 0 Å². The van der Waals surface area contributed by atoms with Crippen LogP contribution >= 0.6 is 0 Å². The molecule has 0 aliphatic rings. The van der Waals surface area contributed by atoms with Crippen LogP contribution in [0.25, 0.3) is 0 Å². The summed E-state index contributed by atoms with van der Waals surface area (Å²) >= 11 is 0. The lowest BCUT2D eigenvalue weighted by Crippen LogP contribution is -2.24. The van der Waals surface area contributed by atoms with E-state index in [9.17, 15) is 0 Å². The van der Waals surface area contributed by atoms with Gasteiger partial charge in [-0.2, -0.15) is 0 Å². The van der Waals surface area contributed by atoms with Crippen LogP contribution in [0.2, 0.25) is 0 Å². The summed E-state index contributed by atoms with van der Waals surface area (Å²) in [5.74, 6) is 1.67. The van der Waals surface area contributed by atoms with Gasteiger partial charge in [0.2, 0.25) is 0 Å². The molecule has 0 aliphatic heterocycles. The molecule has 4 heteroatoms. The number of aromatic nitrogens is 2. The third-order valence-electron chi connectivity index (χ3n) is 3.05. The molecule has 0 aliphatic carbocycles. The molecule has 112 valence electrons. The predicted molar refractivity (Wildman–Crippen MR) is 84.5 cm³/mol. The maximum Gasteiger partial charge on any atom is 0.149 e. The van der Waals surface area contributed by atoms with Crippen LogP contribution in [0.1, 0.15) is 43.8 Å². The number of nitrogens with one attached hydrogen (secondary N) is 1. The van der Waals surface area contributed by atoms with E-state index >= 15 is 0 Å². The summed E-state index contributed by atoms with van der Waals surface area (Å²) in [6.45, 7) is 8.97. The Bertz CT molecular complexity index is 549. The first-order valence-corrected chi connectivity index (χ1v) is 7.38. The van der Waals surface area contributed by atoms with Crippen molar-refractivity contribution in [3.63, 3.8) is 0 Å². The minimum absolute atomic E-state index is 0.00343. The molecule has 0 amide bonds. The Kier molecular flexibility index (Phi) is 5.28. The van der Waals surface area contributed by atoms with Crippen LogP contribution in [0.4, 0.5) is 0 Å². The van der Waals surface area contributed by atoms with Crippen LogP contribution in [0.3, 0.4) is 0 Å². The van der Waals surface area contributed by atoms with Gasteiger partial charge in [-0.1, -0.05) is 19.1 Å². The Morgan fingerprint density at radius 3 is 2.24 bits per heavy atom. The van der Waals surface area contributed by atoms with E-state index in [1.807, 2.05) is 45.3 Å². The van der Waals surface area contributed by atoms with E-state index in [1.165, 1.54) is 0 Å². The van der Waals surface area contributed by atoms with Crippen LogP contribution < -0.4 is 10.1 Å². The van der Waals surface area contributed by atoms with Crippen LogP contribution in [0, 0.1) is 6.92 Å². The molecule has 21 heavy (non-hydrogen) atoms. The van der Waals surface area contributed by atoms with Gasteiger partial charge in [-0.15, -0.1) is 0 Å². The van der Waals surface area contributed by atoms with E-state index in [2.05, 4.69) is 34.3 Å². The lowest BCUT2D eigenvalue weighted by Gasteiger charge is -2.18. The summed E-state index contributed by atoms with van der Waals surface area (Å²) in [7, 11) is 0. The van der Waals surface area contributed by atoms with Crippen molar-refractivity contribution < 1.29 is 4.74 Å². The first-order valence-electron chi connectivity index (χ1n) is 7.38. The zero-order valence-corrected chi connectivity index (χ0v) is 13.1. The minimum atomic E-state index is 0.00343. The fourth-order valence-electron chi connectivity index (χ4n) is 2.12. The van der Waals surface area contributed by atoms with Gasteiger partial charge in [0, 0.05) is 12.4 Å². The molecular weight excluding hydrogens is 262 g/mol. The highest BCUT2D eigenvalue weighted by molar-refractivity contribution is 5.32. The first-order chi connectivity index (χ1) is 10.1. The number of nitrogens with zero attached hydrogens (tertiary/aromatic N) is 2. The Morgan fingerprint density at radius 2 is 1.71 bits per heavy atom. The smallest absolute Gasteiger partial charge is 0.149 e. The number of rotatable bonds is 6. The molecule has 0 saturated carbocycles. The van der Waals surface area contributed by atoms with E-state index < -0.39 is 0 Å². The predicted octanol–water partition coefficient (Wildman–Crippen LogP) is 3.27. The molecular formula is C17H23N3O. The molecule has 1 aromatic carbocycles. The normalized spacial score (nSPS) is 12.4. The lowest BCUT2D eigenvalue weighted by atomic mass is 10.1. The zero-order chi connectivity index (χ0) is 15.2. The Labute approximate surface area is 126 Å². The second kappa shape index (κ2) is 7.18. The van der Waals surface area contributed by atoms with E-state index in [1.54, 1.807) is 0 Å². The van der Waals surface area contributed by atoms with E-state index in [0.717, 1.165) is 29.2 Å². The van der Waals surface area contributed by atoms with Crippen molar-refractivity contribution in [2.45, 2.75) is 39.8 Å². The van der Waals surface area contributed by atoms with Crippen molar-refractivity contribution in [1.82, 2.24) is 15.3 Å². The number of ether oxygens (including phenoxy) is 1. The van der Waals surface area contributed by atoms with Gasteiger partial charge in [-0.05, 0) is 50.6 Å². The van der Waals surface area contributed by atoms with Gasteiger partial charge in [-0.3, -0.25) is 0 Å². The number of hydrogen-bond donors (Lipinski definition) is 1. The van der Waals surface area contributed by atoms with Gasteiger partial charge in [-0.25, -0.2) is 9.97 Å². The van der Waals surface area contributed by atoms with E-state index in [-0.39, 0.29) is 12.1 Å². The van der Waals surface area contributed by atoms with E-state index in [4.69, 9.17) is 4.74 Å². The van der Waals surface area contributed by atoms with Gasteiger partial charge in [0.1, 0.15) is 11.6 Å². The highest BCUT2D eigenvalue weighted by Gasteiger charge is 2.15. The van der Waals surface area contributed by atoms with Gasteiger partial charge in [0.15, 0.2) is 0 Å². The van der Waals surface area contributed by atoms with Gasteiger partial charge in [0.05, 0.1) is 12.1 Å². The zero-order valence-electron chi connectivity index (χ0n) is 13.1. The summed E-state index contributed by atoms with van der Waals surface area (Å²) in [6, 6.07) is 8.12. The second-order valence-electron chi connectivity index (χ2n) is 5.34. The third-order valence-corrected chi connectivity index (χ3v) is 3.05. The Morgan fingerprint density at radius 1 is 1.10 bits per heavy atom. The minimum Gasteiger partial charge on any atom is -0.491 e. The molecule has 0 bridgehead atoms. The van der Waals surface area contributed by atoms with Crippen molar-refractivity contribution in [1.29, 1.82) is 0 Å². The van der Waals surface area contributed by atoms with Crippen molar-refractivity contribution in [2.75, 3.05) is 6.54 Å². The summed E-state index contributed by atoms with van der Waals surface area (Å²) in [6.07, 6.45) is 3.88. The molecule has 4 nitrogen and oxygen atoms in total. The molecule has 1 unspecified atom stereocenters. The fourth-order valence-corrected chi connectivity index (χ4v) is 2.12. The van der Waals surface area contributed by atoms with Crippen LogP contribution in [-0.2, 0) is 0 Å². The SMILES string of the molecule is CCNC(c1ccc(OC(C)C)cc1)c1ncc(C)cn1. The third kappa shape index (κ3) is 4.26. The fraction of sp³-hybridized carbons (Fsp3) is 0.412. The largest absolute Gasteiger partial charge is 0.491 e. The first kappa shape index (κ1) is 15.4. The second-order valence-corrected chi connectivity index (χ2v) is 5.34. The van der Waals surface area contributed by atoms with Crippen LogP contribution in [-0.4, -0.2) is 22.6 Å². The number of hydrogen-bond acceptors (Lipinski definition) is 4. The van der Waals surface area contributed by atoms with E-state index in [0.29, 0.717) is 0 Å². The Balaban J connectivity index is 2.23. The quantitative estimate of drug-likeness (QED) is 0.885. The van der Waals surface area contributed by atoms with Crippen LogP contribution in [0.15, 0.2) is 36.7 Å². The Hall–Kier alpha value is -1.94. The molecule has 1 N–H and O–H groups in total. The molecule has 0 radical (unpaired) electrons. The monoisotopic (exact) mass is 285 g/mol. The number of benzene rings is 1. The summed E-state index contributed by atoms with van der Waals surface area (Å²) in [5, 5.41) is 3.43. The molecule has 2 aromatic rings. The molecule has 0 saturated heterocycles. The van der Waals surface area contributed by atoms with Crippen molar-refractivity contribution >= 4 is 0 Å². The average molecular weight is 285 g/mol. The van der Waals surface area contributed by atoms with Gasteiger partial charge < -0.3 is 10.1 Å². The number of aryl methyl sites for hydroxylation is 1. The standard InChI is InChI=1S/C17H23N3O/c1-5-18-16(17-19-10-13(4)11-20-17)14-6-8-15(9-7-14)21-12(2)3/h6-12,16,18H,5H2,1-4H3. The van der Waals surface area contributed by atoms with Gasteiger partial charge in [0.25, 0.3) is 0 Å². The van der Waals surface area contributed by atoms with Gasteiger partial charge >= 0.3 is 0 Å². The highest BCUT2D eigenvalue weighted by Crippen LogP contribution is 2.22. The van der Waals surface area contributed by atoms with Crippen LogP contribution in [0.5, 0.6) is 5.75 Å². The molecule has 2 rings (SSSR count). The molecule has 0 spiro atoms. The van der Waals surface area contributed by atoms with Crippen molar-refractivity contribution in [3.8, 4) is 5.75 Å².